The average molecular weight is 369 g/mol. The van der Waals surface area contributed by atoms with Crippen molar-refractivity contribution in [3.8, 4) is 0 Å². The highest BCUT2D eigenvalue weighted by Gasteiger charge is 2.42. The van der Waals surface area contributed by atoms with Gasteiger partial charge in [-0.3, -0.25) is 4.79 Å². The second-order valence-corrected chi connectivity index (χ2v) is 7.12. The molecule has 6 nitrogen and oxygen atoms in total. The Morgan fingerprint density at radius 3 is 2.26 bits per heavy atom. The van der Waals surface area contributed by atoms with Crippen molar-refractivity contribution in [1.82, 2.24) is 15.3 Å². The zero-order valence-corrected chi connectivity index (χ0v) is 16.3. The molecule has 1 fully saturated rings. The van der Waals surface area contributed by atoms with Crippen molar-refractivity contribution in [1.29, 1.82) is 0 Å². The number of methoxy groups -OCH3 is 1. The average Bonchev–Trinajstić information content (AvgIpc) is 2.72. The molecular weight excluding hydrogens is 342 g/mol. The van der Waals surface area contributed by atoms with Crippen LogP contribution in [0.5, 0.6) is 0 Å². The highest BCUT2D eigenvalue weighted by atomic mass is 16.5. The minimum atomic E-state index is -0.925. The van der Waals surface area contributed by atoms with Gasteiger partial charge < -0.3 is 10.1 Å². The van der Waals surface area contributed by atoms with Crippen LogP contribution in [-0.4, -0.2) is 34.5 Å². The maximum absolute atomic E-state index is 12.9. The molecule has 1 amide bonds. The number of rotatable bonds is 5. The maximum atomic E-state index is 12.9. The molecule has 0 unspecified atom stereocenters. The number of nitrogens with zero attached hydrogens (tertiary/aromatic N) is 2. The van der Waals surface area contributed by atoms with Gasteiger partial charge in [0.1, 0.15) is 5.54 Å². The van der Waals surface area contributed by atoms with Crippen LogP contribution < -0.4 is 5.32 Å². The van der Waals surface area contributed by atoms with E-state index >= 15 is 0 Å². The van der Waals surface area contributed by atoms with Crippen LogP contribution >= 0.6 is 0 Å². The zero-order chi connectivity index (χ0) is 19.4. The van der Waals surface area contributed by atoms with Crippen LogP contribution in [0.4, 0.5) is 0 Å². The molecule has 1 N–H and O–H groups in total. The molecule has 1 aliphatic carbocycles. The van der Waals surface area contributed by atoms with Gasteiger partial charge in [0.2, 0.25) is 0 Å². The van der Waals surface area contributed by atoms with E-state index in [0.717, 1.165) is 49.0 Å². The molecule has 0 bridgehead atoms. The molecule has 0 saturated heterocycles. The molecule has 0 radical (unpaired) electrons. The van der Waals surface area contributed by atoms with Crippen LogP contribution in [0, 0.1) is 0 Å². The Balaban J connectivity index is 1.91. The number of aryl methyl sites for hydroxylation is 2. The van der Waals surface area contributed by atoms with Gasteiger partial charge in [-0.05, 0) is 43.9 Å². The summed E-state index contributed by atoms with van der Waals surface area (Å²) in [5, 5.41) is 2.95. The number of benzene rings is 1. The molecule has 1 aromatic heterocycles. The lowest BCUT2D eigenvalue weighted by Gasteiger charge is -2.35. The van der Waals surface area contributed by atoms with E-state index in [1.165, 1.54) is 7.11 Å². The molecule has 2 aromatic rings. The molecule has 1 aliphatic rings. The Hall–Kier alpha value is -2.50. The monoisotopic (exact) mass is 369 g/mol. The third-order valence-electron chi connectivity index (χ3n) is 5.39. The molecule has 6 heteroatoms. The number of hydrogen-bond acceptors (Lipinski definition) is 5. The number of fused-ring (bicyclic) bond motifs is 1. The first-order chi connectivity index (χ1) is 13.0. The summed E-state index contributed by atoms with van der Waals surface area (Å²) in [6.45, 7) is 4.11. The number of hydrogen-bond donors (Lipinski definition) is 1. The molecule has 3 rings (SSSR count). The standard InChI is InChI=1S/C21H27N3O3/c1-4-15-16(5-2)23-18-13-14(9-10-17(18)22-15)19(25)24-21(20(26)27-3)11-7-6-8-12-21/h9-10,13H,4-8,11-12H2,1-3H3,(H,24,25). The summed E-state index contributed by atoms with van der Waals surface area (Å²) in [5.74, 6) is -0.638. The van der Waals surface area contributed by atoms with Crippen molar-refractivity contribution in [2.75, 3.05) is 7.11 Å². The van der Waals surface area contributed by atoms with E-state index in [9.17, 15) is 9.59 Å². The van der Waals surface area contributed by atoms with E-state index in [4.69, 9.17) is 4.74 Å². The van der Waals surface area contributed by atoms with E-state index < -0.39 is 5.54 Å². The highest BCUT2D eigenvalue weighted by Crippen LogP contribution is 2.30. The van der Waals surface area contributed by atoms with Gasteiger partial charge in [-0.15, -0.1) is 0 Å². The second-order valence-electron chi connectivity index (χ2n) is 7.12. The Kier molecular flexibility index (Phi) is 5.73. The smallest absolute Gasteiger partial charge is 0.331 e. The van der Waals surface area contributed by atoms with Gasteiger partial charge in [-0.1, -0.05) is 33.1 Å². The summed E-state index contributed by atoms with van der Waals surface area (Å²) in [5.41, 5.74) is 2.99. The lowest BCUT2D eigenvalue weighted by molar-refractivity contribution is -0.149. The van der Waals surface area contributed by atoms with E-state index in [1.807, 2.05) is 6.07 Å². The number of ether oxygens (including phenoxy) is 1. The number of aromatic nitrogens is 2. The van der Waals surface area contributed by atoms with Gasteiger partial charge in [0.15, 0.2) is 0 Å². The van der Waals surface area contributed by atoms with E-state index in [-0.39, 0.29) is 11.9 Å². The van der Waals surface area contributed by atoms with Crippen molar-refractivity contribution < 1.29 is 14.3 Å². The fourth-order valence-electron chi connectivity index (χ4n) is 3.86. The number of nitrogens with one attached hydrogen (secondary N) is 1. The fraction of sp³-hybridized carbons (Fsp3) is 0.524. The predicted octanol–water partition coefficient (Wildman–Crippen LogP) is 3.36. The van der Waals surface area contributed by atoms with Gasteiger partial charge >= 0.3 is 5.97 Å². The summed E-state index contributed by atoms with van der Waals surface area (Å²) in [4.78, 5) is 34.6. The molecule has 1 aromatic carbocycles. The second kappa shape index (κ2) is 8.03. The van der Waals surface area contributed by atoms with Gasteiger partial charge in [0.05, 0.1) is 29.5 Å². The first-order valence-corrected chi connectivity index (χ1v) is 9.73. The molecular formula is C21H27N3O3. The Bertz CT molecular complexity index is 857. The number of carbonyl (C=O) groups is 2. The van der Waals surface area contributed by atoms with Gasteiger partial charge in [-0.2, -0.15) is 0 Å². The molecule has 144 valence electrons. The van der Waals surface area contributed by atoms with Crippen molar-refractivity contribution in [2.24, 2.45) is 0 Å². The topological polar surface area (TPSA) is 81.2 Å². The number of esters is 1. The van der Waals surface area contributed by atoms with Gasteiger partial charge in [-0.25, -0.2) is 14.8 Å². The Labute approximate surface area is 159 Å². The van der Waals surface area contributed by atoms with Gasteiger partial charge in [0, 0.05) is 5.56 Å². The summed E-state index contributed by atoms with van der Waals surface area (Å²) in [6, 6.07) is 5.32. The molecule has 27 heavy (non-hydrogen) atoms. The summed E-state index contributed by atoms with van der Waals surface area (Å²) in [7, 11) is 1.37. The molecule has 0 spiro atoms. The first kappa shape index (κ1) is 19.3. The maximum Gasteiger partial charge on any atom is 0.331 e. The number of amides is 1. The van der Waals surface area contributed by atoms with Crippen LogP contribution in [0.25, 0.3) is 11.0 Å². The summed E-state index contributed by atoms with van der Waals surface area (Å²) < 4.78 is 4.98. The third kappa shape index (κ3) is 3.80. The minimum Gasteiger partial charge on any atom is -0.467 e. The molecule has 0 aliphatic heterocycles. The van der Waals surface area contributed by atoms with Crippen LogP contribution in [0.3, 0.4) is 0 Å². The molecule has 1 saturated carbocycles. The van der Waals surface area contributed by atoms with Crippen molar-refractivity contribution in [3.05, 3.63) is 35.2 Å². The molecule has 1 heterocycles. The zero-order valence-electron chi connectivity index (χ0n) is 16.3. The lowest BCUT2D eigenvalue weighted by atomic mass is 9.81. The SMILES string of the molecule is CCc1nc2ccc(C(=O)NC3(C(=O)OC)CCCCC3)cc2nc1CC. The van der Waals surface area contributed by atoms with Crippen LogP contribution in [0.2, 0.25) is 0 Å². The Morgan fingerprint density at radius 1 is 1.04 bits per heavy atom. The highest BCUT2D eigenvalue weighted by molar-refractivity contribution is 6.00. The van der Waals surface area contributed by atoms with Gasteiger partial charge in [0.25, 0.3) is 5.91 Å². The van der Waals surface area contributed by atoms with Crippen molar-refractivity contribution in [2.45, 2.75) is 64.3 Å². The fourth-order valence-corrected chi connectivity index (χ4v) is 3.86. The normalized spacial score (nSPS) is 16.1. The van der Waals surface area contributed by atoms with Crippen molar-refractivity contribution >= 4 is 22.9 Å². The summed E-state index contributed by atoms with van der Waals surface area (Å²) in [6.07, 6.45) is 5.72. The van der Waals surface area contributed by atoms with E-state index in [1.54, 1.807) is 12.1 Å². The Morgan fingerprint density at radius 2 is 1.67 bits per heavy atom. The first-order valence-electron chi connectivity index (χ1n) is 9.73. The minimum absolute atomic E-state index is 0.274. The van der Waals surface area contributed by atoms with E-state index in [0.29, 0.717) is 23.9 Å². The molecule has 0 atom stereocenters. The van der Waals surface area contributed by atoms with Crippen LogP contribution in [-0.2, 0) is 22.4 Å². The van der Waals surface area contributed by atoms with Crippen LogP contribution in [0.15, 0.2) is 18.2 Å². The van der Waals surface area contributed by atoms with Crippen LogP contribution in [0.1, 0.15) is 67.7 Å². The lowest BCUT2D eigenvalue weighted by Crippen LogP contribution is -2.56. The predicted molar refractivity (Wildman–Crippen MR) is 104 cm³/mol. The quantitative estimate of drug-likeness (QED) is 0.817. The number of carbonyl (C=O) groups excluding carboxylic acids is 2. The van der Waals surface area contributed by atoms with E-state index in [2.05, 4.69) is 29.1 Å². The largest absolute Gasteiger partial charge is 0.467 e. The van der Waals surface area contributed by atoms with Crippen molar-refractivity contribution in [3.63, 3.8) is 0 Å². The summed E-state index contributed by atoms with van der Waals surface area (Å²) >= 11 is 0. The third-order valence-corrected chi connectivity index (χ3v) is 5.39.